The van der Waals surface area contributed by atoms with Crippen molar-refractivity contribution in [2.24, 2.45) is 0 Å². The summed E-state index contributed by atoms with van der Waals surface area (Å²) >= 11 is 0. The fourth-order valence-corrected chi connectivity index (χ4v) is 2.18. The summed E-state index contributed by atoms with van der Waals surface area (Å²) in [7, 11) is 1.63. The number of benzene rings is 2. The monoisotopic (exact) mass is 263 g/mol. The van der Waals surface area contributed by atoms with Gasteiger partial charge < -0.3 is 9.64 Å². The van der Waals surface area contributed by atoms with Crippen LogP contribution in [0.5, 0.6) is 5.75 Å². The summed E-state index contributed by atoms with van der Waals surface area (Å²) in [6, 6.07) is 12.4. The van der Waals surface area contributed by atoms with Gasteiger partial charge in [-0.05, 0) is 19.9 Å². The van der Waals surface area contributed by atoms with E-state index in [4.69, 9.17) is 4.74 Å². The zero-order valence-electron chi connectivity index (χ0n) is 12.6. The number of hydrogen-bond acceptors (Lipinski definition) is 2. The van der Waals surface area contributed by atoms with Gasteiger partial charge in [-0.15, -0.1) is 10.8 Å². The smallest absolute Gasteiger partial charge is 0.498 e. The van der Waals surface area contributed by atoms with Gasteiger partial charge in [-0.25, -0.2) is 0 Å². The molecule has 0 N–H and O–H groups in total. The molecule has 100 valence electrons. The van der Waals surface area contributed by atoms with Gasteiger partial charge in [0.25, 0.3) is 0 Å². The fourth-order valence-electron chi connectivity index (χ4n) is 2.18. The van der Waals surface area contributed by atoms with Crippen molar-refractivity contribution in [3.8, 4) is 5.75 Å². The van der Waals surface area contributed by atoms with Crippen LogP contribution in [0, 0.1) is 6.07 Å². The second-order valence-electron chi connectivity index (χ2n) is 4.30. The van der Waals surface area contributed by atoms with Gasteiger partial charge in [0.15, 0.2) is 5.91 Å². The van der Waals surface area contributed by atoms with Crippen molar-refractivity contribution < 1.29 is 28.4 Å². The molecular weight excluding hydrogens is 245 g/mol. The molecule has 0 heterocycles. The molecule has 3 nitrogen and oxygen atoms in total. The third-order valence-electron chi connectivity index (χ3n) is 3.30. The molecule has 2 rings (SSSR count). The van der Waals surface area contributed by atoms with Crippen molar-refractivity contribution in [3.63, 3.8) is 0 Å². The minimum absolute atomic E-state index is 0. The van der Waals surface area contributed by atoms with Gasteiger partial charge in [0.2, 0.25) is 0 Å². The molecule has 0 aliphatic carbocycles. The summed E-state index contributed by atoms with van der Waals surface area (Å²) in [4.78, 5) is 14.3. The first kappa shape index (κ1) is 16.6. The average Bonchev–Trinajstić information content (AvgIpc) is 2.47. The minimum atomic E-state index is 0. The molecule has 0 spiro atoms. The summed E-state index contributed by atoms with van der Waals surface area (Å²) in [5.74, 6) is 0.838. The van der Waals surface area contributed by atoms with E-state index in [1.54, 1.807) is 13.2 Å². The van der Waals surface area contributed by atoms with Gasteiger partial charge in [-0.1, -0.05) is 17.7 Å². The third kappa shape index (κ3) is 3.17. The Morgan fingerprint density at radius 1 is 1.25 bits per heavy atom. The second-order valence-corrected chi connectivity index (χ2v) is 4.30. The topological polar surface area (TPSA) is 29.5 Å². The van der Waals surface area contributed by atoms with Crippen LogP contribution in [0.2, 0.25) is 0 Å². The van der Waals surface area contributed by atoms with E-state index < -0.39 is 0 Å². The molecule has 0 unspecified atom stereocenters. The van der Waals surface area contributed by atoms with E-state index in [1.807, 2.05) is 43.0 Å². The first-order chi connectivity index (χ1) is 9.21. The minimum Gasteiger partial charge on any atom is -0.498 e. The molecule has 4 heteroatoms. The van der Waals surface area contributed by atoms with Gasteiger partial charge in [0.05, 0.1) is 7.11 Å². The Hall–Kier alpha value is -1.43. The Kier molecular flexibility index (Phi) is 6.13. The van der Waals surface area contributed by atoms with Crippen LogP contribution in [-0.2, 0) is 0 Å². The number of carbonyl (C=O) groups excluding carboxylic acids is 1. The van der Waals surface area contributed by atoms with E-state index in [0.717, 1.165) is 16.5 Å². The van der Waals surface area contributed by atoms with Crippen LogP contribution < -0.4 is 23.6 Å². The van der Waals surface area contributed by atoms with E-state index in [2.05, 4.69) is 6.07 Å². The zero-order chi connectivity index (χ0) is 13.8. The van der Waals surface area contributed by atoms with Crippen molar-refractivity contribution >= 4 is 16.7 Å². The maximum Gasteiger partial charge on any atom is 1.00 e. The van der Waals surface area contributed by atoms with Crippen LogP contribution in [-0.4, -0.2) is 31.0 Å². The Morgan fingerprint density at radius 3 is 2.55 bits per heavy atom. The number of methoxy groups -OCH3 is 1. The summed E-state index contributed by atoms with van der Waals surface area (Å²) in [5.41, 5.74) is 0.698. The van der Waals surface area contributed by atoms with Crippen LogP contribution in [0.25, 0.3) is 10.8 Å². The molecule has 0 fully saturated rings. The number of nitrogens with zero attached hydrogens (tertiary/aromatic N) is 1. The van der Waals surface area contributed by atoms with Crippen molar-refractivity contribution in [2.75, 3.05) is 20.2 Å². The molecule has 1 amide bonds. The molecular formula is C16H18LiNO2. The Labute approximate surface area is 132 Å². The zero-order valence-corrected chi connectivity index (χ0v) is 12.6. The Bertz CT molecular complexity index is 594. The first-order valence-corrected chi connectivity index (χ1v) is 6.48. The number of carbonyl (C=O) groups is 1. The van der Waals surface area contributed by atoms with Gasteiger partial charge in [0, 0.05) is 13.1 Å². The maximum absolute atomic E-state index is 12.5. The second kappa shape index (κ2) is 7.38. The molecule has 2 aromatic rings. The van der Waals surface area contributed by atoms with Gasteiger partial charge in [-0.3, -0.25) is 4.79 Å². The van der Waals surface area contributed by atoms with E-state index in [-0.39, 0.29) is 24.8 Å². The normalized spacial score (nSPS) is 9.95. The Morgan fingerprint density at radius 2 is 1.95 bits per heavy atom. The predicted octanol–water partition coefficient (Wildman–Crippen LogP) is 0.135. The van der Waals surface area contributed by atoms with E-state index >= 15 is 0 Å². The summed E-state index contributed by atoms with van der Waals surface area (Å²) in [5, 5.41) is 1.91. The molecule has 0 aliphatic rings. The Balaban J connectivity index is 0.00000200. The van der Waals surface area contributed by atoms with Crippen molar-refractivity contribution in [3.05, 3.63) is 42.0 Å². The number of amides is 1. The van der Waals surface area contributed by atoms with Gasteiger partial charge >= 0.3 is 18.9 Å². The van der Waals surface area contributed by atoms with E-state index in [1.165, 1.54) is 0 Å². The van der Waals surface area contributed by atoms with E-state index in [0.29, 0.717) is 18.7 Å². The van der Waals surface area contributed by atoms with Crippen molar-refractivity contribution in [2.45, 2.75) is 13.8 Å². The van der Waals surface area contributed by atoms with Crippen molar-refractivity contribution in [1.29, 1.82) is 0 Å². The standard InChI is InChI=1S/C16H18NO2.Li/c1-4-17(5-2)16(18)15-8-6-7-12-11-13(19-3)9-10-14(12)15;/h7-11H,4-5H2,1-3H3;/q-1;+1. The van der Waals surface area contributed by atoms with Crippen LogP contribution in [0.15, 0.2) is 30.3 Å². The molecule has 0 saturated carbocycles. The molecule has 0 saturated heterocycles. The van der Waals surface area contributed by atoms with Crippen molar-refractivity contribution in [1.82, 2.24) is 4.90 Å². The SMILES string of the molecule is CCN(CC)C(=O)c1c[c-]cc2cc(OC)ccc12.[Li+]. The first-order valence-electron chi connectivity index (χ1n) is 6.48. The third-order valence-corrected chi connectivity index (χ3v) is 3.30. The molecule has 0 atom stereocenters. The summed E-state index contributed by atoms with van der Waals surface area (Å²) in [6.45, 7) is 5.39. The van der Waals surface area contributed by atoms with Crippen LogP contribution in [0.4, 0.5) is 0 Å². The van der Waals surface area contributed by atoms with Gasteiger partial charge in [0.1, 0.15) is 5.75 Å². The van der Waals surface area contributed by atoms with Crippen LogP contribution in [0.1, 0.15) is 24.2 Å². The molecule has 20 heavy (non-hydrogen) atoms. The van der Waals surface area contributed by atoms with Crippen LogP contribution >= 0.6 is 0 Å². The number of fused-ring (bicyclic) bond motifs is 1. The summed E-state index contributed by atoms with van der Waals surface area (Å²) in [6.07, 6.45) is 0. The molecule has 2 aromatic carbocycles. The largest absolute Gasteiger partial charge is 1.00 e. The molecule has 0 aliphatic heterocycles. The average molecular weight is 263 g/mol. The number of rotatable bonds is 4. The quantitative estimate of drug-likeness (QED) is 0.580. The van der Waals surface area contributed by atoms with E-state index in [9.17, 15) is 4.79 Å². The van der Waals surface area contributed by atoms with Crippen LogP contribution in [0.3, 0.4) is 0 Å². The maximum atomic E-state index is 12.5. The number of hydrogen-bond donors (Lipinski definition) is 0. The number of ether oxygens (including phenoxy) is 1. The molecule has 0 radical (unpaired) electrons. The van der Waals surface area contributed by atoms with Gasteiger partial charge in [-0.2, -0.15) is 18.2 Å². The molecule has 0 aromatic heterocycles. The molecule has 0 bridgehead atoms. The fraction of sp³-hybridized carbons (Fsp3) is 0.312. The summed E-state index contributed by atoms with van der Waals surface area (Å²) < 4.78 is 5.20. The predicted molar refractivity (Wildman–Crippen MR) is 76.6 cm³/mol.